The minimum Gasteiger partial charge on any atom is -0.481 e. The van der Waals surface area contributed by atoms with Gasteiger partial charge in [-0.25, -0.2) is 19.9 Å². The number of carbonyl (C=O) groups is 2. The molecule has 0 atom stereocenters. The van der Waals surface area contributed by atoms with Crippen molar-refractivity contribution in [1.29, 1.82) is 0 Å². The summed E-state index contributed by atoms with van der Waals surface area (Å²) in [5.74, 6) is 2.56. The molecule has 1 aliphatic heterocycles. The molecule has 2 aromatic heterocycles. The van der Waals surface area contributed by atoms with Crippen molar-refractivity contribution in [3.05, 3.63) is 35.9 Å². The number of carboxylic acid groups (broad SMARTS) is 1. The molecule has 2 N–H and O–H groups in total. The van der Waals surface area contributed by atoms with Crippen molar-refractivity contribution in [2.45, 2.75) is 6.42 Å². The van der Waals surface area contributed by atoms with E-state index >= 15 is 0 Å². The average Bonchev–Trinajstić information content (AvgIpc) is 2.99. The van der Waals surface area contributed by atoms with Crippen LogP contribution in [0.2, 0.25) is 0 Å². The Bertz CT molecular complexity index is 1070. The van der Waals surface area contributed by atoms with Gasteiger partial charge in [-0.2, -0.15) is 0 Å². The van der Waals surface area contributed by atoms with Crippen molar-refractivity contribution in [3.63, 3.8) is 0 Å². The predicted molar refractivity (Wildman–Crippen MR) is 144 cm³/mol. The summed E-state index contributed by atoms with van der Waals surface area (Å²) in [6.45, 7) is 6.03. The van der Waals surface area contributed by atoms with Crippen LogP contribution >= 0.6 is 0 Å². The number of anilines is 2. The average molecular weight is 558 g/mol. The maximum atomic E-state index is 12.4. The van der Waals surface area contributed by atoms with Crippen molar-refractivity contribution in [1.82, 2.24) is 25.3 Å². The number of ether oxygens (including phenoxy) is 4. The van der Waals surface area contributed by atoms with Crippen LogP contribution in [0, 0.1) is 12.3 Å². The van der Waals surface area contributed by atoms with Gasteiger partial charge in [0.25, 0.3) is 5.91 Å². The lowest BCUT2D eigenvalue weighted by Crippen LogP contribution is -2.47. The number of amides is 1. The zero-order valence-electron chi connectivity index (χ0n) is 22.4. The second-order valence-electron chi connectivity index (χ2n) is 8.51. The number of terminal acetylenes is 1. The summed E-state index contributed by atoms with van der Waals surface area (Å²) in [6, 6.07) is 0. The number of nitrogens with one attached hydrogen (secondary N) is 1. The third-order valence-corrected chi connectivity index (χ3v) is 5.66. The van der Waals surface area contributed by atoms with E-state index in [-0.39, 0.29) is 18.9 Å². The van der Waals surface area contributed by atoms with Crippen molar-refractivity contribution in [2.24, 2.45) is 0 Å². The Kier molecular flexibility index (Phi) is 13.5. The molecule has 0 saturated carbocycles. The molecule has 1 amide bonds. The maximum Gasteiger partial charge on any atom is 0.305 e. The Labute approximate surface area is 233 Å². The molecule has 216 valence electrons. The summed E-state index contributed by atoms with van der Waals surface area (Å²) in [5, 5.41) is 11.3. The first kappa shape index (κ1) is 30.6. The van der Waals surface area contributed by atoms with Gasteiger partial charge < -0.3 is 39.2 Å². The molecule has 0 aliphatic carbocycles. The molecule has 14 nitrogen and oxygen atoms in total. The molecule has 0 bridgehead atoms. The number of hydrogen-bond donors (Lipinski definition) is 2. The molecule has 1 aliphatic rings. The van der Waals surface area contributed by atoms with Crippen LogP contribution in [0.1, 0.15) is 22.3 Å². The second kappa shape index (κ2) is 17.6. The summed E-state index contributed by atoms with van der Waals surface area (Å²) in [7, 11) is 0. The minimum absolute atomic E-state index is 0.0179. The van der Waals surface area contributed by atoms with Crippen LogP contribution in [0.15, 0.2) is 24.8 Å². The smallest absolute Gasteiger partial charge is 0.305 e. The minimum atomic E-state index is -0.887. The SMILES string of the molecule is C#Cc1cnc(N2CCN(c3ncc(C(=O)NCCOCCOCCOCCOCCC(=O)O)cn3)CC2)nc1. The van der Waals surface area contributed by atoms with Crippen molar-refractivity contribution < 1.29 is 33.6 Å². The van der Waals surface area contributed by atoms with Gasteiger partial charge in [-0.05, 0) is 0 Å². The van der Waals surface area contributed by atoms with Crippen LogP contribution in [0.4, 0.5) is 11.9 Å². The zero-order valence-corrected chi connectivity index (χ0v) is 22.4. The maximum absolute atomic E-state index is 12.4. The second-order valence-corrected chi connectivity index (χ2v) is 8.51. The standard InChI is InChI=1S/C26H35N7O7/c1-2-21-17-28-25(29-18-21)32-5-7-33(8-6-32)26-30-19-22(20-31-26)24(36)27-4-10-38-12-14-40-16-15-39-13-11-37-9-3-23(34)35/h1,17-20H,3-16H2,(H,27,36)(H,34,35). The Morgan fingerprint density at radius 2 is 1.23 bits per heavy atom. The van der Waals surface area contributed by atoms with Gasteiger partial charge in [0.1, 0.15) is 0 Å². The highest BCUT2D eigenvalue weighted by molar-refractivity contribution is 5.93. The fourth-order valence-electron chi connectivity index (χ4n) is 3.53. The van der Waals surface area contributed by atoms with Crippen LogP contribution in [0.5, 0.6) is 0 Å². The molecule has 0 radical (unpaired) electrons. The van der Waals surface area contributed by atoms with Crippen LogP contribution in [-0.4, -0.2) is 122 Å². The largest absolute Gasteiger partial charge is 0.481 e. The first-order valence-electron chi connectivity index (χ1n) is 13.0. The third kappa shape index (κ3) is 11.1. The molecular weight excluding hydrogens is 522 g/mol. The molecule has 0 unspecified atom stereocenters. The highest BCUT2D eigenvalue weighted by Gasteiger charge is 2.21. The highest BCUT2D eigenvalue weighted by Crippen LogP contribution is 2.14. The van der Waals surface area contributed by atoms with Gasteiger partial charge in [-0.15, -0.1) is 6.42 Å². The van der Waals surface area contributed by atoms with Crippen LogP contribution in [0.25, 0.3) is 0 Å². The monoisotopic (exact) mass is 557 g/mol. The van der Waals surface area contributed by atoms with Crippen molar-refractivity contribution >= 4 is 23.8 Å². The summed E-state index contributed by atoms with van der Waals surface area (Å²) in [6.07, 6.45) is 11.6. The first-order valence-corrected chi connectivity index (χ1v) is 13.0. The fourth-order valence-corrected chi connectivity index (χ4v) is 3.53. The summed E-state index contributed by atoms with van der Waals surface area (Å²) < 4.78 is 21.3. The van der Waals surface area contributed by atoms with Crippen LogP contribution in [-0.2, 0) is 23.7 Å². The third-order valence-electron chi connectivity index (χ3n) is 5.66. The van der Waals surface area contributed by atoms with E-state index in [4.69, 9.17) is 30.5 Å². The number of carbonyl (C=O) groups excluding carboxylic acids is 1. The van der Waals surface area contributed by atoms with E-state index in [0.717, 1.165) is 0 Å². The Morgan fingerprint density at radius 1 is 0.775 bits per heavy atom. The zero-order chi connectivity index (χ0) is 28.4. The molecule has 3 heterocycles. The van der Waals surface area contributed by atoms with Crippen LogP contribution in [0.3, 0.4) is 0 Å². The summed E-state index contributed by atoms with van der Waals surface area (Å²) >= 11 is 0. The van der Waals surface area contributed by atoms with Gasteiger partial charge in [0.05, 0.1) is 70.4 Å². The highest BCUT2D eigenvalue weighted by atomic mass is 16.6. The summed E-state index contributed by atoms with van der Waals surface area (Å²) in [5.41, 5.74) is 1.02. The Balaban J connectivity index is 1.20. The lowest BCUT2D eigenvalue weighted by atomic mass is 10.3. The van der Waals surface area contributed by atoms with Gasteiger partial charge in [-0.3, -0.25) is 9.59 Å². The molecule has 14 heteroatoms. The van der Waals surface area contributed by atoms with Gasteiger partial charge in [0.15, 0.2) is 0 Å². The van der Waals surface area contributed by atoms with Crippen molar-refractivity contribution in [3.8, 4) is 12.3 Å². The van der Waals surface area contributed by atoms with Crippen LogP contribution < -0.4 is 15.1 Å². The van der Waals surface area contributed by atoms with E-state index in [1.54, 1.807) is 12.4 Å². The molecular formula is C26H35N7O7. The van der Waals surface area contributed by atoms with Gasteiger partial charge in [-0.1, -0.05) is 5.92 Å². The number of hydrogen-bond acceptors (Lipinski definition) is 12. The number of piperazine rings is 1. The molecule has 1 fully saturated rings. The van der Waals surface area contributed by atoms with E-state index in [1.807, 2.05) is 0 Å². The lowest BCUT2D eigenvalue weighted by Gasteiger charge is -2.34. The lowest BCUT2D eigenvalue weighted by molar-refractivity contribution is -0.138. The molecule has 0 spiro atoms. The van der Waals surface area contributed by atoms with Gasteiger partial charge in [0.2, 0.25) is 11.9 Å². The molecule has 40 heavy (non-hydrogen) atoms. The van der Waals surface area contributed by atoms with E-state index in [2.05, 4.69) is 41.0 Å². The topological polar surface area (TPSA) is 161 Å². The first-order chi connectivity index (χ1) is 19.6. The number of nitrogens with zero attached hydrogens (tertiary/aromatic N) is 6. The van der Waals surface area contributed by atoms with Gasteiger partial charge in [0, 0.05) is 57.5 Å². The number of aromatic nitrogens is 4. The Hall–Kier alpha value is -3.90. The normalized spacial score (nSPS) is 13.2. The number of carboxylic acids is 1. The quantitative estimate of drug-likeness (QED) is 0.184. The molecule has 0 aromatic carbocycles. The number of aliphatic carboxylic acids is 1. The fraction of sp³-hybridized carbons (Fsp3) is 0.538. The predicted octanol–water partition coefficient (Wildman–Crippen LogP) is -0.155. The van der Waals surface area contributed by atoms with Crippen molar-refractivity contribution in [2.75, 3.05) is 95.4 Å². The van der Waals surface area contributed by atoms with E-state index in [1.165, 1.54) is 12.4 Å². The van der Waals surface area contributed by atoms with E-state index < -0.39 is 5.97 Å². The number of rotatable bonds is 18. The molecule has 3 rings (SSSR count). The van der Waals surface area contributed by atoms with E-state index in [9.17, 15) is 9.59 Å². The van der Waals surface area contributed by atoms with E-state index in [0.29, 0.717) is 102 Å². The summed E-state index contributed by atoms with van der Waals surface area (Å²) in [4.78, 5) is 44.2. The Morgan fingerprint density at radius 3 is 1.70 bits per heavy atom. The van der Waals surface area contributed by atoms with Gasteiger partial charge >= 0.3 is 5.97 Å². The molecule has 1 saturated heterocycles. The molecule has 2 aromatic rings.